The van der Waals surface area contributed by atoms with E-state index in [9.17, 15) is 9.59 Å². The number of carbonyl (C=O) groups is 1. The molecule has 0 aliphatic carbocycles. The van der Waals surface area contributed by atoms with Crippen molar-refractivity contribution in [1.29, 1.82) is 0 Å². The van der Waals surface area contributed by atoms with Crippen molar-refractivity contribution in [2.75, 3.05) is 5.32 Å². The van der Waals surface area contributed by atoms with Crippen molar-refractivity contribution >= 4 is 33.4 Å². The molecule has 0 saturated heterocycles. The molecule has 6 heteroatoms. The zero-order valence-electron chi connectivity index (χ0n) is 13.6. The third kappa shape index (κ3) is 2.78. The van der Waals surface area contributed by atoms with Crippen LogP contribution in [-0.2, 0) is 18.4 Å². The molecule has 25 heavy (non-hydrogen) atoms. The van der Waals surface area contributed by atoms with Gasteiger partial charge in [-0.15, -0.1) is 0 Å². The number of amides is 1. The van der Waals surface area contributed by atoms with Gasteiger partial charge in [-0.1, -0.05) is 18.2 Å². The van der Waals surface area contributed by atoms with Crippen LogP contribution in [0.4, 0.5) is 5.69 Å². The summed E-state index contributed by atoms with van der Waals surface area (Å²) >= 11 is 0. The Morgan fingerprint density at radius 2 is 1.96 bits per heavy atom. The van der Waals surface area contributed by atoms with E-state index in [4.69, 9.17) is 0 Å². The molecule has 1 N–H and O–H groups in total. The standard InChI is InChI=1S/C19H16N4O2/c1-22-9-8-13-6-7-14(10-17(13)22)21-19(25)12-23-16-5-3-2-4-15(16)18(24)11-20-23/h2-11H,12H2,1H3,(H,21,25). The molecule has 0 bridgehead atoms. The molecule has 0 radical (unpaired) electrons. The van der Waals surface area contributed by atoms with Crippen molar-refractivity contribution in [2.24, 2.45) is 7.05 Å². The average molecular weight is 332 g/mol. The quantitative estimate of drug-likeness (QED) is 0.627. The van der Waals surface area contributed by atoms with E-state index >= 15 is 0 Å². The van der Waals surface area contributed by atoms with Gasteiger partial charge in [0.1, 0.15) is 6.54 Å². The summed E-state index contributed by atoms with van der Waals surface area (Å²) in [6.07, 6.45) is 3.22. The lowest BCUT2D eigenvalue weighted by molar-refractivity contribution is -0.116. The van der Waals surface area contributed by atoms with Crippen LogP contribution >= 0.6 is 0 Å². The Labute approximate surface area is 143 Å². The Morgan fingerprint density at radius 1 is 1.12 bits per heavy atom. The molecule has 2 heterocycles. The van der Waals surface area contributed by atoms with Crippen LogP contribution in [0.1, 0.15) is 0 Å². The molecule has 1 amide bonds. The highest BCUT2D eigenvalue weighted by molar-refractivity contribution is 5.94. The lowest BCUT2D eigenvalue weighted by Crippen LogP contribution is -2.22. The first-order valence-electron chi connectivity index (χ1n) is 7.91. The van der Waals surface area contributed by atoms with Gasteiger partial charge in [0.05, 0.1) is 11.7 Å². The van der Waals surface area contributed by atoms with Gasteiger partial charge in [-0.2, -0.15) is 5.10 Å². The second kappa shape index (κ2) is 5.90. The van der Waals surface area contributed by atoms with Crippen LogP contribution in [0.3, 0.4) is 0 Å². The van der Waals surface area contributed by atoms with Crippen molar-refractivity contribution < 1.29 is 4.79 Å². The van der Waals surface area contributed by atoms with E-state index in [-0.39, 0.29) is 17.9 Å². The minimum Gasteiger partial charge on any atom is -0.350 e. The predicted octanol–water partition coefficient (Wildman–Crippen LogP) is 2.53. The third-order valence-corrected chi connectivity index (χ3v) is 4.23. The normalized spacial score (nSPS) is 11.1. The summed E-state index contributed by atoms with van der Waals surface area (Å²) < 4.78 is 3.54. The Hall–Kier alpha value is -3.41. The van der Waals surface area contributed by atoms with Crippen LogP contribution in [0.25, 0.3) is 21.8 Å². The molecule has 4 aromatic rings. The molecule has 0 aliphatic heterocycles. The minimum atomic E-state index is -0.199. The van der Waals surface area contributed by atoms with E-state index in [1.54, 1.807) is 18.2 Å². The van der Waals surface area contributed by atoms with E-state index in [2.05, 4.69) is 10.4 Å². The fraction of sp³-hybridized carbons (Fsp3) is 0.105. The Bertz CT molecular complexity index is 1160. The fourth-order valence-corrected chi connectivity index (χ4v) is 2.96. The van der Waals surface area contributed by atoms with Crippen LogP contribution in [0.2, 0.25) is 0 Å². The maximum absolute atomic E-state index is 12.4. The zero-order valence-corrected chi connectivity index (χ0v) is 13.6. The van der Waals surface area contributed by atoms with E-state index in [0.717, 1.165) is 16.6 Å². The highest BCUT2D eigenvalue weighted by atomic mass is 16.2. The van der Waals surface area contributed by atoms with Gasteiger partial charge in [0.15, 0.2) is 0 Å². The summed E-state index contributed by atoms with van der Waals surface area (Å²) in [7, 11) is 1.96. The summed E-state index contributed by atoms with van der Waals surface area (Å²) in [5.74, 6) is -0.199. The molecule has 0 saturated carbocycles. The molecule has 0 fully saturated rings. The van der Waals surface area contributed by atoms with Crippen LogP contribution in [0.15, 0.2) is 65.7 Å². The molecule has 2 aromatic heterocycles. The van der Waals surface area contributed by atoms with Crippen LogP contribution in [-0.4, -0.2) is 20.3 Å². The molecule has 124 valence electrons. The van der Waals surface area contributed by atoms with Crippen molar-refractivity contribution in [3.05, 3.63) is 71.1 Å². The second-order valence-corrected chi connectivity index (χ2v) is 5.93. The molecular formula is C19H16N4O2. The lowest BCUT2D eigenvalue weighted by Gasteiger charge is -2.10. The number of nitrogens with zero attached hydrogens (tertiary/aromatic N) is 3. The number of para-hydroxylation sites is 1. The van der Waals surface area contributed by atoms with Gasteiger partial charge in [-0.25, -0.2) is 0 Å². The zero-order chi connectivity index (χ0) is 17.4. The Kier molecular flexibility index (Phi) is 3.57. The molecule has 0 aliphatic rings. The molecule has 0 spiro atoms. The number of aromatic nitrogens is 3. The Balaban J connectivity index is 1.60. The van der Waals surface area contributed by atoms with E-state index in [1.165, 1.54) is 10.9 Å². The van der Waals surface area contributed by atoms with Gasteiger partial charge < -0.3 is 9.88 Å². The maximum Gasteiger partial charge on any atom is 0.246 e. The summed E-state index contributed by atoms with van der Waals surface area (Å²) in [5.41, 5.74) is 2.26. The number of fused-ring (bicyclic) bond motifs is 2. The molecule has 2 aromatic carbocycles. The van der Waals surface area contributed by atoms with Crippen molar-refractivity contribution in [1.82, 2.24) is 14.3 Å². The van der Waals surface area contributed by atoms with E-state index < -0.39 is 0 Å². The van der Waals surface area contributed by atoms with Crippen LogP contribution in [0, 0.1) is 0 Å². The second-order valence-electron chi connectivity index (χ2n) is 5.93. The number of nitrogens with one attached hydrogen (secondary N) is 1. The topological polar surface area (TPSA) is 68.9 Å². The summed E-state index contributed by atoms with van der Waals surface area (Å²) in [4.78, 5) is 24.3. The number of aryl methyl sites for hydroxylation is 1. The van der Waals surface area contributed by atoms with Gasteiger partial charge in [0, 0.05) is 29.8 Å². The largest absolute Gasteiger partial charge is 0.350 e. The molecule has 4 rings (SSSR count). The number of hydrogen-bond acceptors (Lipinski definition) is 3. The maximum atomic E-state index is 12.4. The summed E-state index contributed by atoms with van der Waals surface area (Å²) in [6, 6.07) is 14.9. The Morgan fingerprint density at radius 3 is 2.84 bits per heavy atom. The molecular weight excluding hydrogens is 316 g/mol. The third-order valence-electron chi connectivity index (χ3n) is 4.23. The number of hydrogen-bond donors (Lipinski definition) is 1. The first-order chi connectivity index (χ1) is 12.1. The highest BCUT2D eigenvalue weighted by Crippen LogP contribution is 2.19. The van der Waals surface area contributed by atoms with E-state index in [1.807, 2.05) is 48.1 Å². The number of benzene rings is 2. The molecule has 6 nitrogen and oxygen atoms in total. The minimum absolute atomic E-state index is 0.0337. The molecule has 0 atom stereocenters. The van der Waals surface area contributed by atoms with E-state index in [0.29, 0.717) is 10.9 Å². The van der Waals surface area contributed by atoms with Gasteiger partial charge in [-0.05, 0) is 35.7 Å². The predicted molar refractivity (Wildman–Crippen MR) is 97.6 cm³/mol. The fourth-order valence-electron chi connectivity index (χ4n) is 2.96. The number of anilines is 1. The SMILES string of the molecule is Cn1ccc2ccc(NC(=O)Cn3ncc(=O)c4ccccc43)cc21. The van der Waals surface area contributed by atoms with Crippen molar-refractivity contribution in [3.63, 3.8) is 0 Å². The average Bonchev–Trinajstić information content (AvgIpc) is 2.98. The first kappa shape index (κ1) is 15.1. The van der Waals surface area contributed by atoms with Gasteiger partial charge >= 0.3 is 0 Å². The first-order valence-corrected chi connectivity index (χ1v) is 7.91. The van der Waals surface area contributed by atoms with Crippen LogP contribution < -0.4 is 10.7 Å². The van der Waals surface area contributed by atoms with Gasteiger partial charge in [0.25, 0.3) is 0 Å². The monoisotopic (exact) mass is 332 g/mol. The highest BCUT2D eigenvalue weighted by Gasteiger charge is 2.09. The molecule has 0 unspecified atom stereocenters. The van der Waals surface area contributed by atoms with Gasteiger partial charge in [-0.3, -0.25) is 14.3 Å². The summed E-state index contributed by atoms with van der Waals surface area (Å²) in [6.45, 7) is 0.0337. The number of carbonyl (C=O) groups excluding carboxylic acids is 1. The van der Waals surface area contributed by atoms with Crippen molar-refractivity contribution in [2.45, 2.75) is 6.54 Å². The number of rotatable bonds is 3. The van der Waals surface area contributed by atoms with Gasteiger partial charge in [0.2, 0.25) is 11.3 Å². The van der Waals surface area contributed by atoms with Crippen molar-refractivity contribution in [3.8, 4) is 0 Å². The lowest BCUT2D eigenvalue weighted by atomic mass is 10.2. The summed E-state index contributed by atoms with van der Waals surface area (Å²) in [5, 5.41) is 8.64. The van der Waals surface area contributed by atoms with Crippen LogP contribution in [0.5, 0.6) is 0 Å². The smallest absolute Gasteiger partial charge is 0.246 e.